The van der Waals surface area contributed by atoms with E-state index >= 15 is 0 Å². The van der Waals surface area contributed by atoms with Gasteiger partial charge in [0.25, 0.3) is 5.91 Å². The Morgan fingerprint density at radius 3 is 2.95 bits per heavy atom. The molecule has 0 aliphatic carbocycles. The number of nitrogens with zero attached hydrogens (tertiary/aromatic N) is 1. The van der Waals surface area contributed by atoms with Gasteiger partial charge in [-0.1, -0.05) is 13.0 Å². The maximum atomic E-state index is 12.1. The maximum absolute atomic E-state index is 12.1. The number of hydrogen-bond donors (Lipinski definition) is 2. The van der Waals surface area contributed by atoms with Crippen molar-refractivity contribution in [3.05, 3.63) is 35.7 Å². The molecule has 1 unspecified atom stereocenters. The molecule has 0 aliphatic heterocycles. The van der Waals surface area contributed by atoms with E-state index in [0.717, 1.165) is 17.6 Å². The third-order valence-corrected chi connectivity index (χ3v) is 3.55. The summed E-state index contributed by atoms with van der Waals surface area (Å²) in [4.78, 5) is 26.7. The van der Waals surface area contributed by atoms with Gasteiger partial charge in [0, 0.05) is 29.6 Å². The molecule has 5 nitrogen and oxygen atoms in total. The summed E-state index contributed by atoms with van der Waals surface area (Å²) < 4.78 is 0. The zero-order chi connectivity index (χ0) is 15.0. The first kappa shape index (κ1) is 16.2. The second-order valence-electron chi connectivity index (χ2n) is 4.15. The number of carbonyl (C=O) groups excluding carboxylic acids is 1. The van der Waals surface area contributed by atoms with Gasteiger partial charge in [0.1, 0.15) is 5.69 Å². The lowest BCUT2D eigenvalue weighted by atomic mass is 10.1. The molecule has 2 N–H and O–H groups in total. The van der Waals surface area contributed by atoms with Gasteiger partial charge >= 0.3 is 5.97 Å². The number of carboxylic acid groups (broad SMARTS) is 1. The highest BCUT2D eigenvalue weighted by Gasteiger charge is 2.13. The third kappa shape index (κ3) is 5.44. The van der Waals surface area contributed by atoms with E-state index in [1.54, 1.807) is 23.9 Å². The predicted octanol–water partition coefficient (Wildman–Crippen LogP) is 2.05. The lowest BCUT2D eigenvalue weighted by Gasteiger charge is -2.13. The van der Waals surface area contributed by atoms with Crippen LogP contribution in [0.2, 0.25) is 0 Å². The number of thioether (sulfide) groups is 1. The van der Waals surface area contributed by atoms with Crippen molar-refractivity contribution >= 4 is 29.7 Å². The Morgan fingerprint density at radius 2 is 2.30 bits per heavy atom. The van der Waals surface area contributed by atoms with Gasteiger partial charge in [-0.2, -0.15) is 11.8 Å². The summed E-state index contributed by atoms with van der Waals surface area (Å²) in [7, 11) is 0. The molecule has 1 amide bonds. The highest BCUT2D eigenvalue weighted by Crippen LogP contribution is 2.09. The Labute approximate surface area is 122 Å². The van der Waals surface area contributed by atoms with E-state index in [4.69, 9.17) is 5.11 Å². The Balaban J connectivity index is 2.79. The van der Waals surface area contributed by atoms with Crippen LogP contribution in [-0.2, 0) is 4.79 Å². The quantitative estimate of drug-likeness (QED) is 0.752. The van der Waals surface area contributed by atoms with Crippen LogP contribution < -0.4 is 5.32 Å². The van der Waals surface area contributed by atoms with Crippen molar-refractivity contribution in [3.63, 3.8) is 0 Å². The fraction of sp³-hybridized carbons (Fsp3) is 0.357. The average molecular weight is 294 g/mol. The Hall–Kier alpha value is -1.82. The van der Waals surface area contributed by atoms with Gasteiger partial charge in [0.2, 0.25) is 0 Å². The van der Waals surface area contributed by atoms with Crippen LogP contribution in [0.25, 0.3) is 6.08 Å². The van der Waals surface area contributed by atoms with Crippen molar-refractivity contribution < 1.29 is 14.7 Å². The summed E-state index contributed by atoms with van der Waals surface area (Å²) >= 11 is 1.74. The summed E-state index contributed by atoms with van der Waals surface area (Å²) in [6, 6.07) is 3.35. The molecule has 0 saturated carbocycles. The van der Waals surface area contributed by atoms with Gasteiger partial charge in [-0.15, -0.1) is 0 Å². The topological polar surface area (TPSA) is 79.3 Å². The molecular formula is C14H18N2O3S. The zero-order valence-corrected chi connectivity index (χ0v) is 12.3. The molecule has 6 heteroatoms. The summed E-state index contributed by atoms with van der Waals surface area (Å²) in [5, 5.41) is 11.5. The highest BCUT2D eigenvalue weighted by atomic mass is 32.2. The van der Waals surface area contributed by atoms with E-state index in [2.05, 4.69) is 17.2 Å². The van der Waals surface area contributed by atoms with Crippen molar-refractivity contribution in [1.82, 2.24) is 10.3 Å². The summed E-state index contributed by atoms with van der Waals surface area (Å²) in [5.74, 6) is 0.471. The van der Waals surface area contributed by atoms with E-state index < -0.39 is 5.97 Å². The maximum Gasteiger partial charge on any atom is 0.328 e. The lowest BCUT2D eigenvalue weighted by Crippen LogP contribution is -2.35. The van der Waals surface area contributed by atoms with Crippen LogP contribution in [0, 0.1) is 0 Å². The Kier molecular flexibility index (Phi) is 6.79. The third-order valence-electron chi connectivity index (χ3n) is 2.41. The summed E-state index contributed by atoms with van der Waals surface area (Å²) in [5.41, 5.74) is 0.723. The van der Waals surface area contributed by atoms with Crippen LogP contribution in [0.5, 0.6) is 0 Å². The van der Waals surface area contributed by atoms with Gasteiger partial charge in [0.15, 0.2) is 0 Å². The molecule has 0 radical (unpaired) electrons. The van der Waals surface area contributed by atoms with Crippen molar-refractivity contribution in [1.29, 1.82) is 0 Å². The summed E-state index contributed by atoms with van der Waals surface area (Å²) in [6.45, 7) is 3.99. The number of carbonyl (C=O) groups is 2. The van der Waals surface area contributed by atoms with E-state index in [0.29, 0.717) is 5.56 Å². The van der Waals surface area contributed by atoms with Crippen LogP contribution in [0.15, 0.2) is 24.4 Å². The van der Waals surface area contributed by atoms with Crippen LogP contribution in [-0.4, -0.2) is 39.5 Å². The molecule has 1 aromatic rings. The molecule has 0 fully saturated rings. The molecule has 1 heterocycles. The average Bonchev–Trinajstić information content (AvgIpc) is 2.43. The minimum absolute atomic E-state index is 0.0331. The van der Waals surface area contributed by atoms with Crippen LogP contribution in [0.1, 0.15) is 29.9 Å². The first-order valence-corrected chi connectivity index (χ1v) is 7.44. The van der Waals surface area contributed by atoms with Crippen molar-refractivity contribution in [2.45, 2.75) is 19.9 Å². The number of pyridine rings is 1. The summed E-state index contributed by atoms with van der Waals surface area (Å²) in [6.07, 6.45) is 3.87. The van der Waals surface area contributed by atoms with Crippen molar-refractivity contribution in [2.75, 3.05) is 11.5 Å². The van der Waals surface area contributed by atoms with Gasteiger partial charge in [-0.3, -0.25) is 9.78 Å². The standard InChI is InChI=1S/C14H18N2O3S/c1-3-20-9-10(2)16-14(19)13-11(5-4-8-15-13)6-7-12(17)18/h4-8,10H,3,9H2,1-2H3,(H,16,19)(H,17,18)/b7-6+. The Bertz CT molecular complexity index is 503. The first-order valence-electron chi connectivity index (χ1n) is 6.29. The molecule has 0 bridgehead atoms. The van der Waals surface area contributed by atoms with Gasteiger partial charge < -0.3 is 10.4 Å². The van der Waals surface area contributed by atoms with Crippen molar-refractivity contribution in [3.8, 4) is 0 Å². The SMILES string of the molecule is CCSCC(C)NC(=O)c1ncccc1/C=C/C(=O)O. The zero-order valence-electron chi connectivity index (χ0n) is 11.5. The fourth-order valence-electron chi connectivity index (χ4n) is 1.53. The number of aliphatic carboxylic acids is 1. The number of amides is 1. The first-order chi connectivity index (χ1) is 9.54. The monoisotopic (exact) mass is 294 g/mol. The lowest BCUT2D eigenvalue weighted by molar-refractivity contribution is -0.131. The van der Waals surface area contributed by atoms with Crippen LogP contribution in [0.3, 0.4) is 0 Å². The van der Waals surface area contributed by atoms with E-state index in [9.17, 15) is 9.59 Å². The molecule has 108 valence electrons. The number of rotatable bonds is 7. The van der Waals surface area contributed by atoms with Crippen molar-refractivity contribution in [2.24, 2.45) is 0 Å². The molecule has 0 aliphatic rings. The Morgan fingerprint density at radius 1 is 1.55 bits per heavy atom. The largest absolute Gasteiger partial charge is 0.478 e. The van der Waals surface area contributed by atoms with E-state index in [-0.39, 0.29) is 17.6 Å². The number of carboxylic acids is 1. The molecular weight excluding hydrogens is 276 g/mol. The minimum Gasteiger partial charge on any atom is -0.478 e. The molecule has 1 aromatic heterocycles. The normalized spacial score (nSPS) is 12.3. The molecule has 0 saturated heterocycles. The number of nitrogens with one attached hydrogen (secondary N) is 1. The smallest absolute Gasteiger partial charge is 0.328 e. The van der Waals surface area contributed by atoms with E-state index in [1.807, 2.05) is 6.92 Å². The van der Waals surface area contributed by atoms with Crippen LogP contribution in [0.4, 0.5) is 0 Å². The second kappa shape index (κ2) is 8.37. The molecule has 0 spiro atoms. The van der Waals surface area contributed by atoms with Gasteiger partial charge in [-0.05, 0) is 24.8 Å². The molecule has 20 heavy (non-hydrogen) atoms. The number of aromatic nitrogens is 1. The minimum atomic E-state index is -1.06. The van der Waals surface area contributed by atoms with Crippen LogP contribution >= 0.6 is 11.8 Å². The molecule has 1 rings (SSSR count). The van der Waals surface area contributed by atoms with E-state index in [1.165, 1.54) is 12.3 Å². The predicted molar refractivity (Wildman–Crippen MR) is 80.8 cm³/mol. The molecule has 1 atom stereocenters. The number of hydrogen-bond acceptors (Lipinski definition) is 4. The fourth-order valence-corrected chi connectivity index (χ4v) is 2.20. The highest BCUT2D eigenvalue weighted by molar-refractivity contribution is 7.99. The van der Waals surface area contributed by atoms with Gasteiger partial charge in [0.05, 0.1) is 0 Å². The molecule has 0 aromatic carbocycles. The second-order valence-corrected chi connectivity index (χ2v) is 5.47. The van der Waals surface area contributed by atoms with Gasteiger partial charge in [-0.25, -0.2) is 4.79 Å².